The van der Waals surface area contributed by atoms with Crippen LogP contribution in [0.15, 0.2) is 48.5 Å². The van der Waals surface area contributed by atoms with Crippen molar-refractivity contribution in [1.29, 1.82) is 0 Å². The van der Waals surface area contributed by atoms with Crippen molar-refractivity contribution in [2.24, 2.45) is 0 Å². The van der Waals surface area contributed by atoms with Crippen molar-refractivity contribution in [3.05, 3.63) is 70.9 Å². The number of hydrogen-bond donors (Lipinski definition) is 0. The first-order valence-electron chi connectivity index (χ1n) is 7.53. The molecule has 2 heterocycles. The van der Waals surface area contributed by atoms with Gasteiger partial charge in [-0.15, -0.1) is 15.3 Å². The number of hydrogen-bond acceptors (Lipinski definition) is 5. The molecule has 0 saturated carbocycles. The topological polar surface area (TPSA) is 65.7 Å². The Bertz CT molecular complexity index is 1070. The first-order chi connectivity index (χ1) is 12.6. The summed E-state index contributed by atoms with van der Waals surface area (Å²) in [6.45, 7) is 0.0164. The molecule has 0 unspecified atom stereocenters. The molecule has 6 nitrogen and oxygen atoms in total. The fourth-order valence-corrected chi connectivity index (χ4v) is 2.54. The highest BCUT2D eigenvalue weighted by atomic mass is 35.5. The minimum Gasteiger partial charge on any atom is -0.483 e. The van der Waals surface area contributed by atoms with Crippen molar-refractivity contribution in [3.8, 4) is 11.6 Å². The first kappa shape index (κ1) is 16.3. The van der Waals surface area contributed by atoms with Crippen LogP contribution in [-0.4, -0.2) is 25.2 Å². The van der Waals surface area contributed by atoms with Crippen molar-refractivity contribution < 1.29 is 13.5 Å². The Morgan fingerprint density at radius 3 is 2.54 bits per heavy atom. The van der Waals surface area contributed by atoms with Gasteiger partial charge in [0.1, 0.15) is 17.6 Å². The molecule has 0 fully saturated rings. The van der Waals surface area contributed by atoms with Crippen molar-refractivity contribution >= 4 is 22.6 Å². The zero-order chi connectivity index (χ0) is 18.1. The summed E-state index contributed by atoms with van der Waals surface area (Å²) in [6, 6.07) is 13.1. The molecule has 4 rings (SSSR count). The highest BCUT2D eigenvalue weighted by Gasteiger charge is 2.21. The van der Waals surface area contributed by atoms with E-state index in [-0.39, 0.29) is 28.6 Å². The van der Waals surface area contributed by atoms with Crippen LogP contribution >= 0.6 is 11.6 Å². The Balaban J connectivity index is 1.76. The molecule has 130 valence electrons. The van der Waals surface area contributed by atoms with Gasteiger partial charge in [0, 0.05) is 6.07 Å². The zero-order valence-corrected chi connectivity index (χ0v) is 13.9. The van der Waals surface area contributed by atoms with Crippen molar-refractivity contribution in [2.75, 3.05) is 0 Å². The maximum atomic E-state index is 15.0. The third kappa shape index (κ3) is 2.95. The van der Waals surface area contributed by atoms with Gasteiger partial charge in [-0.1, -0.05) is 47.1 Å². The summed E-state index contributed by atoms with van der Waals surface area (Å²) >= 11 is 5.71. The number of halogens is 3. The molecule has 0 spiro atoms. The molecule has 0 radical (unpaired) electrons. The lowest BCUT2D eigenvalue weighted by Crippen LogP contribution is -2.05. The smallest absolute Gasteiger partial charge is 0.196 e. The van der Waals surface area contributed by atoms with E-state index in [2.05, 4.69) is 20.5 Å². The van der Waals surface area contributed by atoms with Gasteiger partial charge in [-0.05, 0) is 17.7 Å². The van der Waals surface area contributed by atoms with Crippen molar-refractivity contribution in [1.82, 2.24) is 25.2 Å². The highest BCUT2D eigenvalue weighted by molar-refractivity contribution is 6.29. The molecular formula is C17H10ClF2N5O. The second-order valence-corrected chi connectivity index (χ2v) is 5.75. The monoisotopic (exact) mass is 373 g/mol. The van der Waals surface area contributed by atoms with Crippen LogP contribution in [0.1, 0.15) is 5.56 Å². The third-order valence-electron chi connectivity index (χ3n) is 3.64. The van der Waals surface area contributed by atoms with Crippen molar-refractivity contribution in [3.63, 3.8) is 0 Å². The van der Waals surface area contributed by atoms with Gasteiger partial charge >= 0.3 is 0 Å². The molecular weight excluding hydrogens is 364 g/mol. The van der Waals surface area contributed by atoms with E-state index < -0.39 is 17.4 Å². The number of rotatable bonds is 4. The average Bonchev–Trinajstić information content (AvgIpc) is 3.07. The van der Waals surface area contributed by atoms with Crippen LogP contribution in [0.5, 0.6) is 5.75 Å². The summed E-state index contributed by atoms with van der Waals surface area (Å²) in [5, 5.41) is 15.3. The lowest BCUT2D eigenvalue weighted by atomic mass is 10.2. The van der Waals surface area contributed by atoms with E-state index in [4.69, 9.17) is 16.3 Å². The Morgan fingerprint density at radius 2 is 1.81 bits per heavy atom. The first-order valence-corrected chi connectivity index (χ1v) is 7.91. The van der Waals surface area contributed by atoms with Crippen LogP contribution in [0.25, 0.3) is 16.9 Å². The van der Waals surface area contributed by atoms with Crippen LogP contribution < -0.4 is 4.74 Å². The van der Waals surface area contributed by atoms with E-state index in [1.54, 1.807) is 12.1 Å². The molecule has 4 aromatic rings. The number of benzene rings is 2. The summed E-state index contributed by atoms with van der Waals surface area (Å²) in [4.78, 5) is 0. The van der Waals surface area contributed by atoms with Gasteiger partial charge in [0.15, 0.2) is 28.4 Å². The molecule has 0 bridgehead atoms. The van der Waals surface area contributed by atoms with Gasteiger partial charge in [0.2, 0.25) is 0 Å². The van der Waals surface area contributed by atoms with E-state index >= 15 is 0 Å². The van der Waals surface area contributed by atoms with E-state index in [0.29, 0.717) is 0 Å². The second-order valence-electron chi connectivity index (χ2n) is 5.36. The standard InChI is InChI=1S/C17H10ClF2N5O/c18-13-6-7-14(23-22-13)25-16-12(21-24-25)8-11(19)17(15(16)20)26-9-10-4-2-1-3-5-10/h1-8H,9H2. The van der Waals surface area contributed by atoms with Gasteiger partial charge in [-0.25, -0.2) is 8.78 Å². The lowest BCUT2D eigenvalue weighted by molar-refractivity contribution is 0.275. The van der Waals surface area contributed by atoms with Crippen molar-refractivity contribution in [2.45, 2.75) is 6.61 Å². The van der Waals surface area contributed by atoms with Crippen LogP contribution in [-0.2, 0) is 6.61 Å². The quantitative estimate of drug-likeness (QED) is 0.545. The van der Waals surface area contributed by atoms with Gasteiger partial charge in [0.05, 0.1) is 0 Å². The molecule has 2 aromatic heterocycles. The fourth-order valence-electron chi connectivity index (χ4n) is 2.44. The SMILES string of the molecule is Fc1cc2nnn(-c3ccc(Cl)nn3)c2c(F)c1OCc1ccccc1. The number of ether oxygens (including phenoxy) is 1. The molecule has 0 N–H and O–H groups in total. The molecule has 0 atom stereocenters. The van der Waals surface area contributed by atoms with Crippen LogP contribution in [0.4, 0.5) is 8.78 Å². The summed E-state index contributed by atoms with van der Waals surface area (Å²) in [5.74, 6) is -2.10. The van der Waals surface area contributed by atoms with Gasteiger partial charge in [-0.3, -0.25) is 0 Å². The van der Waals surface area contributed by atoms with Crippen LogP contribution in [0, 0.1) is 11.6 Å². The Hall–Kier alpha value is -3.13. The number of nitrogens with zero attached hydrogens (tertiary/aromatic N) is 5. The maximum Gasteiger partial charge on any atom is 0.196 e. The Kier molecular flexibility index (Phi) is 4.18. The molecule has 0 aliphatic rings. The number of fused-ring (bicyclic) bond motifs is 1. The van der Waals surface area contributed by atoms with Gasteiger partial charge in [-0.2, -0.15) is 4.68 Å². The molecule has 0 aliphatic carbocycles. The normalized spacial score (nSPS) is 11.0. The fraction of sp³-hybridized carbons (Fsp3) is 0.0588. The largest absolute Gasteiger partial charge is 0.483 e. The molecule has 26 heavy (non-hydrogen) atoms. The van der Waals surface area contributed by atoms with E-state index in [0.717, 1.165) is 16.3 Å². The number of aromatic nitrogens is 5. The molecule has 2 aromatic carbocycles. The van der Waals surface area contributed by atoms with E-state index in [1.807, 2.05) is 18.2 Å². The minimum absolute atomic E-state index is 0.0164. The molecule has 0 aliphatic heterocycles. The zero-order valence-electron chi connectivity index (χ0n) is 13.1. The van der Waals surface area contributed by atoms with Gasteiger partial charge < -0.3 is 4.74 Å². The summed E-state index contributed by atoms with van der Waals surface area (Å²) in [5.41, 5.74) is 0.747. The molecule has 9 heteroatoms. The van der Waals surface area contributed by atoms with E-state index in [9.17, 15) is 8.78 Å². The van der Waals surface area contributed by atoms with E-state index in [1.165, 1.54) is 12.1 Å². The third-order valence-corrected chi connectivity index (χ3v) is 3.85. The predicted molar refractivity (Wildman–Crippen MR) is 90.2 cm³/mol. The highest BCUT2D eigenvalue weighted by Crippen LogP contribution is 2.30. The van der Waals surface area contributed by atoms with Gasteiger partial charge in [0.25, 0.3) is 0 Å². The maximum absolute atomic E-state index is 15.0. The predicted octanol–water partition coefficient (Wildman–Crippen LogP) is 3.72. The summed E-state index contributed by atoms with van der Waals surface area (Å²) in [7, 11) is 0. The average molecular weight is 374 g/mol. The Labute approximate surface area is 151 Å². The minimum atomic E-state index is -0.919. The summed E-state index contributed by atoms with van der Waals surface area (Å²) in [6.07, 6.45) is 0. The second kappa shape index (κ2) is 6.64. The molecule has 0 amide bonds. The van der Waals surface area contributed by atoms with Crippen LogP contribution in [0.3, 0.4) is 0 Å². The summed E-state index contributed by atoms with van der Waals surface area (Å²) < 4.78 is 35.7. The molecule has 0 saturated heterocycles. The van der Waals surface area contributed by atoms with Crippen LogP contribution in [0.2, 0.25) is 5.15 Å². The Morgan fingerprint density at radius 1 is 1.00 bits per heavy atom. The lowest BCUT2D eigenvalue weighted by Gasteiger charge is -2.09.